The number of nitrogens with one attached hydrogen (secondary N) is 1. The van der Waals surface area contributed by atoms with Crippen LogP contribution in [-0.2, 0) is 6.18 Å². The first kappa shape index (κ1) is 17.6. The van der Waals surface area contributed by atoms with Gasteiger partial charge in [-0.3, -0.25) is 4.90 Å². The number of nitrogens with zero attached hydrogens (tertiary/aromatic N) is 1. The Morgan fingerprint density at radius 2 is 1.95 bits per heavy atom. The Labute approximate surface area is 134 Å². The lowest BCUT2D eigenvalue weighted by Crippen LogP contribution is -2.45. The van der Waals surface area contributed by atoms with E-state index in [1.807, 2.05) is 0 Å². The van der Waals surface area contributed by atoms with Crippen LogP contribution in [0.1, 0.15) is 43.4 Å². The number of hydrogen-bond acceptors (Lipinski definition) is 2. The van der Waals surface area contributed by atoms with E-state index in [1.165, 1.54) is 12.1 Å². The lowest BCUT2D eigenvalue weighted by atomic mass is 9.96. The van der Waals surface area contributed by atoms with E-state index in [4.69, 9.17) is 11.6 Å². The summed E-state index contributed by atoms with van der Waals surface area (Å²) >= 11 is 6.23. The predicted molar refractivity (Wildman–Crippen MR) is 83.2 cm³/mol. The smallest absolute Gasteiger partial charge is 0.314 e. The number of benzene rings is 1. The predicted octanol–water partition coefficient (Wildman–Crippen LogP) is 4.50. The lowest BCUT2D eigenvalue weighted by molar-refractivity contribution is -0.137. The topological polar surface area (TPSA) is 15.3 Å². The van der Waals surface area contributed by atoms with E-state index in [9.17, 15) is 13.2 Å². The molecule has 1 aliphatic heterocycles. The van der Waals surface area contributed by atoms with Gasteiger partial charge in [0.25, 0.3) is 0 Å². The van der Waals surface area contributed by atoms with Crippen LogP contribution in [0.3, 0.4) is 0 Å². The van der Waals surface area contributed by atoms with Crippen LogP contribution in [0.25, 0.3) is 0 Å². The molecule has 1 atom stereocenters. The van der Waals surface area contributed by atoms with Crippen molar-refractivity contribution in [1.82, 2.24) is 10.2 Å². The molecular formula is C16H22ClF3N2. The second-order valence-corrected chi connectivity index (χ2v) is 6.09. The van der Waals surface area contributed by atoms with E-state index in [0.29, 0.717) is 10.6 Å². The minimum atomic E-state index is -4.34. The van der Waals surface area contributed by atoms with Gasteiger partial charge in [-0.1, -0.05) is 31.4 Å². The Morgan fingerprint density at radius 1 is 1.27 bits per heavy atom. The first-order valence-electron chi connectivity index (χ1n) is 7.75. The van der Waals surface area contributed by atoms with Crippen LogP contribution in [0, 0.1) is 0 Å². The zero-order valence-corrected chi connectivity index (χ0v) is 13.5. The third-order valence-electron chi connectivity index (χ3n) is 4.11. The van der Waals surface area contributed by atoms with Gasteiger partial charge in [-0.2, -0.15) is 13.2 Å². The summed E-state index contributed by atoms with van der Waals surface area (Å²) in [4.78, 5) is 2.24. The molecule has 0 aliphatic carbocycles. The number of alkyl halides is 3. The van der Waals surface area contributed by atoms with Gasteiger partial charge in [0.15, 0.2) is 0 Å². The third kappa shape index (κ3) is 4.37. The molecule has 1 aliphatic rings. The van der Waals surface area contributed by atoms with Gasteiger partial charge in [-0.15, -0.1) is 0 Å². The molecule has 1 saturated heterocycles. The van der Waals surface area contributed by atoms with Gasteiger partial charge in [-0.25, -0.2) is 0 Å². The summed E-state index contributed by atoms with van der Waals surface area (Å²) in [6.07, 6.45) is -1.52. The van der Waals surface area contributed by atoms with Crippen molar-refractivity contribution in [3.05, 3.63) is 34.3 Å². The molecule has 1 heterocycles. The van der Waals surface area contributed by atoms with Crippen molar-refractivity contribution in [2.45, 2.75) is 38.4 Å². The van der Waals surface area contributed by atoms with E-state index < -0.39 is 11.7 Å². The Morgan fingerprint density at radius 3 is 2.55 bits per heavy atom. The lowest BCUT2D eigenvalue weighted by Gasteiger charge is -2.36. The number of piperazine rings is 1. The highest BCUT2D eigenvalue weighted by Crippen LogP contribution is 2.37. The molecule has 0 aromatic heterocycles. The quantitative estimate of drug-likeness (QED) is 0.853. The van der Waals surface area contributed by atoms with Gasteiger partial charge in [0.05, 0.1) is 5.56 Å². The Balaban J connectivity index is 2.32. The second kappa shape index (κ2) is 7.66. The molecule has 2 nitrogen and oxygen atoms in total. The average molecular weight is 335 g/mol. The van der Waals surface area contributed by atoms with E-state index in [2.05, 4.69) is 17.1 Å². The summed E-state index contributed by atoms with van der Waals surface area (Å²) < 4.78 is 39.0. The summed E-state index contributed by atoms with van der Waals surface area (Å²) in [5, 5.41) is 3.70. The van der Waals surface area contributed by atoms with Crippen molar-refractivity contribution >= 4 is 11.6 Å². The molecule has 22 heavy (non-hydrogen) atoms. The van der Waals surface area contributed by atoms with Gasteiger partial charge >= 0.3 is 6.18 Å². The minimum Gasteiger partial charge on any atom is -0.314 e. The van der Waals surface area contributed by atoms with Gasteiger partial charge in [0.2, 0.25) is 0 Å². The molecule has 2 rings (SSSR count). The van der Waals surface area contributed by atoms with Crippen LogP contribution in [0.5, 0.6) is 0 Å². The molecule has 0 amide bonds. The van der Waals surface area contributed by atoms with Crippen LogP contribution in [0.4, 0.5) is 13.2 Å². The third-order valence-corrected chi connectivity index (χ3v) is 4.45. The van der Waals surface area contributed by atoms with Gasteiger partial charge in [0.1, 0.15) is 0 Å². The van der Waals surface area contributed by atoms with Crippen molar-refractivity contribution in [3.63, 3.8) is 0 Å². The van der Waals surface area contributed by atoms with E-state index in [0.717, 1.165) is 51.5 Å². The molecule has 1 aromatic carbocycles. The normalized spacial score (nSPS) is 18.4. The fraction of sp³-hybridized carbons (Fsp3) is 0.625. The molecule has 1 fully saturated rings. The van der Waals surface area contributed by atoms with Crippen LogP contribution in [0.15, 0.2) is 18.2 Å². The highest BCUT2D eigenvalue weighted by Gasteiger charge is 2.32. The Kier molecular flexibility index (Phi) is 6.12. The second-order valence-electron chi connectivity index (χ2n) is 5.68. The molecule has 0 spiro atoms. The minimum absolute atomic E-state index is 0.0446. The Hall–Kier alpha value is -0.780. The molecule has 6 heteroatoms. The van der Waals surface area contributed by atoms with Crippen molar-refractivity contribution in [2.75, 3.05) is 26.2 Å². The average Bonchev–Trinajstić information content (AvgIpc) is 2.49. The van der Waals surface area contributed by atoms with Gasteiger partial charge in [-0.05, 0) is 30.2 Å². The molecule has 0 bridgehead atoms. The first-order chi connectivity index (χ1) is 10.4. The largest absolute Gasteiger partial charge is 0.416 e. The monoisotopic (exact) mass is 334 g/mol. The van der Waals surface area contributed by atoms with Crippen molar-refractivity contribution in [2.24, 2.45) is 0 Å². The molecule has 0 unspecified atom stereocenters. The van der Waals surface area contributed by atoms with Crippen LogP contribution >= 0.6 is 11.6 Å². The highest BCUT2D eigenvalue weighted by atomic mass is 35.5. The SMILES string of the molecule is CCCC[C@H](c1cc(C(F)(F)F)ccc1Cl)N1CCNCC1. The molecule has 1 N–H and O–H groups in total. The first-order valence-corrected chi connectivity index (χ1v) is 8.12. The highest BCUT2D eigenvalue weighted by molar-refractivity contribution is 6.31. The number of halogens is 4. The maximum absolute atomic E-state index is 13.0. The standard InChI is InChI=1S/C16H22ClF3N2/c1-2-3-4-15(22-9-7-21-8-10-22)13-11-12(16(18,19)20)5-6-14(13)17/h5-6,11,15,21H,2-4,7-10H2,1H3/t15-/m1/s1. The summed E-state index contributed by atoms with van der Waals surface area (Å²) in [6.45, 7) is 5.48. The van der Waals surface area contributed by atoms with Crippen molar-refractivity contribution in [3.8, 4) is 0 Å². The van der Waals surface area contributed by atoms with E-state index >= 15 is 0 Å². The van der Waals surface area contributed by atoms with Crippen LogP contribution in [-0.4, -0.2) is 31.1 Å². The van der Waals surface area contributed by atoms with E-state index in [-0.39, 0.29) is 6.04 Å². The van der Waals surface area contributed by atoms with Crippen molar-refractivity contribution < 1.29 is 13.2 Å². The fourth-order valence-corrected chi connectivity index (χ4v) is 3.14. The summed E-state index contributed by atoms with van der Waals surface area (Å²) in [5.41, 5.74) is -0.0182. The fourth-order valence-electron chi connectivity index (χ4n) is 2.90. The molecular weight excluding hydrogens is 313 g/mol. The summed E-state index contributed by atoms with van der Waals surface area (Å²) in [5.74, 6) is 0. The number of rotatable bonds is 5. The van der Waals surface area contributed by atoms with Gasteiger partial charge in [0, 0.05) is 37.2 Å². The summed E-state index contributed by atoms with van der Waals surface area (Å²) in [6, 6.07) is 3.61. The zero-order chi connectivity index (χ0) is 16.2. The van der Waals surface area contributed by atoms with Gasteiger partial charge < -0.3 is 5.32 Å². The van der Waals surface area contributed by atoms with Crippen LogP contribution < -0.4 is 5.32 Å². The Bertz CT molecular complexity index is 485. The zero-order valence-electron chi connectivity index (χ0n) is 12.7. The van der Waals surface area contributed by atoms with Crippen molar-refractivity contribution in [1.29, 1.82) is 0 Å². The maximum Gasteiger partial charge on any atom is 0.416 e. The number of unbranched alkanes of at least 4 members (excludes halogenated alkanes) is 1. The summed E-state index contributed by atoms with van der Waals surface area (Å²) in [7, 11) is 0. The number of hydrogen-bond donors (Lipinski definition) is 1. The molecule has 0 radical (unpaired) electrons. The maximum atomic E-state index is 13.0. The van der Waals surface area contributed by atoms with E-state index in [1.54, 1.807) is 0 Å². The molecule has 0 saturated carbocycles. The molecule has 1 aromatic rings. The molecule has 124 valence electrons. The van der Waals surface area contributed by atoms with Crippen LogP contribution in [0.2, 0.25) is 5.02 Å².